The number of nitrogens with zero attached hydrogens (tertiary/aromatic N) is 4. The lowest BCUT2D eigenvalue weighted by atomic mass is 10.0. The molecule has 0 saturated carbocycles. The zero-order valence-corrected chi connectivity index (χ0v) is 20.3. The summed E-state index contributed by atoms with van der Waals surface area (Å²) in [6.45, 7) is 3.20. The third kappa shape index (κ3) is 7.97. The molecule has 0 aromatic heterocycles. The third-order valence-electron chi connectivity index (χ3n) is 4.38. The van der Waals surface area contributed by atoms with E-state index >= 15 is 0 Å². The molecule has 188 valence electrons. The number of hydrogen-bond acceptors (Lipinski definition) is 12. The predicted octanol–water partition coefficient (Wildman–Crippen LogP) is 1.80. The molecule has 0 aliphatic carbocycles. The van der Waals surface area contributed by atoms with E-state index in [1.807, 2.05) is 0 Å². The van der Waals surface area contributed by atoms with Crippen LogP contribution in [0.25, 0.3) is 0 Å². The lowest BCUT2D eigenvalue weighted by Gasteiger charge is -2.13. The number of benzene rings is 1. The Balaban J connectivity index is 1.72. The molecule has 1 heterocycles. The molecule has 14 nitrogen and oxygen atoms in total. The summed E-state index contributed by atoms with van der Waals surface area (Å²) in [5.41, 5.74) is -0.157. The SMILES string of the molecule is C=[N+]=Nc1ccc([N+](=O)[O-])c(C(=O)CCCSSCCC(=O)ON2C(=O)CC(S(=O)(=O)O)C2=O)c1. The number of hydroxylamine groups is 2. The molecule has 0 bridgehead atoms. The number of carbonyl (C=O) groups excluding carboxylic acids is 4. The van der Waals surface area contributed by atoms with Crippen LogP contribution in [0.15, 0.2) is 23.3 Å². The summed E-state index contributed by atoms with van der Waals surface area (Å²) in [7, 11) is -2.23. The number of ketones is 1. The first kappa shape index (κ1) is 28.1. The van der Waals surface area contributed by atoms with E-state index in [9.17, 15) is 37.7 Å². The molecule has 2 rings (SSSR count). The van der Waals surface area contributed by atoms with Crippen LogP contribution in [0, 0.1) is 10.1 Å². The van der Waals surface area contributed by atoms with Gasteiger partial charge in [-0.05, 0) is 18.6 Å². The van der Waals surface area contributed by atoms with Gasteiger partial charge >= 0.3 is 5.97 Å². The van der Waals surface area contributed by atoms with Crippen LogP contribution in [0.1, 0.15) is 36.0 Å². The van der Waals surface area contributed by atoms with Gasteiger partial charge in [-0.3, -0.25) is 29.1 Å². The van der Waals surface area contributed by atoms with Crippen molar-refractivity contribution in [2.45, 2.75) is 30.9 Å². The van der Waals surface area contributed by atoms with Crippen LogP contribution >= 0.6 is 21.6 Å². The third-order valence-corrected chi connectivity index (χ3v) is 7.96. The Morgan fingerprint density at radius 1 is 1.29 bits per heavy atom. The lowest BCUT2D eigenvalue weighted by Crippen LogP contribution is -2.36. The molecule has 1 saturated heterocycles. The summed E-state index contributed by atoms with van der Waals surface area (Å²) < 4.78 is 31.1. The van der Waals surface area contributed by atoms with Gasteiger partial charge in [-0.2, -0.15) is 8.42 Å². The first-order valence-corrected chi connectivity index (χ1v) is 13.7. The minimum atomic E-state index is -4.80. The van der Waals surface area contributed by atoms with Crippen molar-refractivity contribution >= 4 is 73.4 Å². The second kappa shape index (κ2) is 12.6. The minimum Gasteiger partial charge on any atom is -0.330 e. The summed E-state index contributed by atoms with van der Waals surface area (Å²) in [5, 5.41) is 12.9. The topological polar surface area (TPSA) is 205 Å². The molecule has 1 aromatic rings. The lowest BCUT2D eigenvalue weighted by molar-refractivity contribution is -0.385. The predicted molar refractivity (Wildman–Crippen MR) is 124 cm³/mol. The fraction of sp³-hybridized carbons (Fsp3) is 0.389. The maximum atomic E-state index is 12.4. The first-order valence-electron chi connectivity index (χ1n) is 9.72. The van der Waals surface area contributed by atoms with Gasteiger partial charge in [0.2, 0.25) is 0 Å². The molecule has 2 amide bonds. The molecular formula is C18H19N4O10S3+. The van der Waals surface area contributed by atoms with Gasteiger partial charge in [-0.15, -0.1) is 5.06 Å². The van der Waals surface area contributed by atoms with E-state index in [1.54, 1.807) is 0 Å². The first-order chi connectivity index (χ1) is 16.5. The zero-order chi connectivity index (χ0) is 26.2. The van der Waals surface area contributed by atoms with Crippen LogP contribution in [0.5, 0.6) is 0 Å². The van der Waals surface area contributed by atoms with Crippen LogP contribution in [0.3, 0.4) is 0 Å². The highest BCUT2D eigenvalue weighted by molar-refractivity contribution is 8.76. The molecule has 1 atom stereocenters. The number of nitro benzene ring substituents is 1. The highest BCUT2D eigenvalue weighted by Gasteiger charge is 2.48. The van der Waals surface area contributed by atoms with E-state index in [1.165, 1.54) is 39.8 Å². The quantitative estimate of drug-likeness (QED) is 0.0358. The van der Waals surface area contributed by atoms with Crippen LogP contribution in [0.2, 0.25) is 0 Å². The van der Waals surface area contributed by atoms with Crippen LogP contribution < -0.4 is 0 Å². The second-order valence-electron chi connectivity index (χ2n) is 6.82. The van der Waals surface area contributed by atoms with Crippen molar-refractivity contribution in [1.29, 1.82) is 0 Å². The molecule has 0 spiro atoms. The zero-order valence-electron chi connectivity index (χ0n) is 17.9. The number of amides is 2. The van der Waals surface area contributed by atoms with Gasteiger partial charge in [-0.25, -0.2) is 4.79 Å². The molecular weight excluding hydrogens is 528 g/mol. The molecule has 1 aromatic carbocycles. The molecule has 1 N–H and O–H groups in total. The average Bonchev–Trinajstić information content (AvgIpc) is 3.07. The molecule has 0 radical (unpaired) electrons. The number of Topliss-reactive ketones (excluding diaryl/α,β-unsaturated/α-hetero) is 1. The number of imide groups is 1. The van der Waals surface area contributed by atoms with Crippen molar-refractivity contribution in [3.63, 3.8) is 0 Å². The van der Waals surface area contributed by atoms with Crippen molar-refractivity contribution in [3.05, 3.63) is 33.9 Å². The number of nitro groups is 1. The van der Waals surface area contributed by atoms with Crippen molar-refractivity contribution in [2.24, 2.45) is 5.11 Å². The maximum absolute atomic E-state index is 12.4. The molecule has 1 aliphatic rings. The monoisotopic (exact) mass is 547 g/mol. The Morgan fingerprint density at radius 2 is 1.97 bits per heavy atom. The molecule has 1 fully saturated rings. The number of hydrogen-bond donors (Lipinski definition) is 1. The average molecular weight is 548 g/mol. The number of carbonyl (C=O) groups is 4. The Morgan fingerprint density at radius 3 is 2.57 bits per heavy atom. The van der Waals surface area contributed by atoms with Crippen molar-refractivity contribution in [3.8, 4) is 0 Å². The van der Waals surface area contributed by atoms with E-state index in [0.717, 1.165) is 0 Å². The van der Waals surface area contributed by atoms with Crippen molar-refractivity contribution in [2.75, 3.05) is 11.5 Å². The minimum absolute atomic E-state index is 0.0372. The van der Waals surface area contributed by atoms with Gasteiger partial charge in [0.1, 0.15) is 10.8 Å². The summed E-state index contributed by atoms with van der Waals surface area (Å²) >= 11 is 0. The highest BCUT2D eigenvalue weighted by atomic mass is 33.1. The molecule has 17 heteroatoms. The fourth-order valence-corrected chi connectivity index (χ4v) is 5.54. The molecule has 1 aliphatic heterocycles. The maximum Gasteiger partial charge on any atom is 0.334 e. The summed E-state index contributed by atoms with van der Waals surface area (Å²) in [4.78, 5) is 66.2. The van der Waals surface area contributed by atoms with Gasteiger partial charge in [-0.1, -0.05) is 21.6 Å². The van der Waals surface area contributed by atoms with Gasteiger partial charge in [0.15, 0.2) is 11.0 Å². The molecule has 35 heavy (non-hydrogen) atoms. The summed E-state index contributed by atoms with van der Waals surface area (Å²) in [5.74, 6) is -3.07. The Bertz CT molecular complexity index is 1200. The van der Waals surface area contributed by atoms with E-state index in [2.05, 4.69) is 21.5 Å². The van der Waals surface area contributed by atoms with Gasteiger partial charge < -0.3 is 4.84 Å². The van der Waals surface area contributed by atoms with Gasteiger partial charge in [0.05, 0.1) is 23.3 Å². The summed E-state index contributed by atoms with van der Waals surface area (Å²) in [6.07, 6.45) is -0.589. The van der Waals surface area contributed by atoms with E-state index < -0.39 is 50.3 Å². The van der Waals surface area contributed by atoms with Crippen molar-refractivity contribution in [1.82, 2.24) is 5.06 Å². The molecule has 1 unspecified atom stereocenters. The smallest absolute Gasteiger partial charge is 0.330 e. The van der Waals surface area contributed by atoms with Gasteiger partial charge in [0, 0.05) is 28.8 Å². The highest BCUT2D eigenvalue weighted by Crippen LogP contribution is 2.28. The van der Waals surface area contributed by atoms with Crippen molar-refractivity contribution < 1.29 is 46.7 Å². The van der Waals surface area contributed by atoms with Crippen LogP contribution in [0.4, 0.5) is 11.4 Å². The Hall–Kier alpha value is -3.11. The van der Waals surface area contributed by atoms with Crippen LogP contribution in [-0.4, -0.2) is 74.8 Å². The van der Waals surface area contributed by atoms with E-state index in [4.69, 9.17) is 4.55 Å². The number of rotatable bonds is 13. The summed E-state index contributed by atoms with van der Waals surface area (Å²) in [6, 6.07) is 3.80. The Kier molecular flexibility index (Phi) is 10.1. The standard InChI is InChI=1S/C18H18N4O10S3/c1-19-20-11-4-5-13(22(27)28)12(9-11)14(23)3-2-7-33-34-8-6-17(25)32-21-16(24)10-15(18(21)26)35(29,30)31/h4-5,9,15H,1-3,6-8,10H2/p+1. The normalized spacial score (nSPS) is 15.6. The van der Waals surface area contributed by atoms with Gasteiger partial charge in [0.25, 0.3) is 34.3 Å². The largest absolute Gasteiger partial charge is 0.334 e. The second-order valence-corrected chi connectivity index (χ2v) is 11.1. The Labute approximate surface area is 206 Å². The van der Waals surface area contributed by atoms with Crippen LogP contribution in [-0.2, 0) is 29.3 Å². The van der Waals surface area contributed by atoms with E-state index in [-0.39, 0.29) is 40.6 Å². The van der Waals surface area contributed by atoms with E-state index in [0.29, 0.717) is 12.2 Å². The fourth-order valence-electron chi connectivity index (χ4n) is 2.78.